The Morgan fingerprint density at radius 1 is 1.11 bits per heavy atom. The zero-order valence-electron chi connectivity index (χ0n) is 10.3. The third-order valence-corrected chi connectivity index (χ3v) is 3.09. The van der Waals surface area contributed by atoms with E-state index in [4.69, 9.17) is 4.74 Å². The summed E-state index contributed by atoms with van der Waals surface area (Å²) in [6, 6.07) is 16.3. The molecule has 2 aromatic rings. The maximum Gasteiger partial charge on any atom is 0.123 e. The van der Waals surface area contributed by atoms with Crippen molar-refractivity contribution in [2.45, 2.75) is 6.92 Å². The van der Waals surface area contributed by atoms with Crippen LogP contribution in [0, 0.1) is 6.92 Å². The van der Waals surface area contributed by atoms with E-state index in [0.717, 1.165) is 15.8 Å². The lowest BCUT2D eigenvalue weighted by atomic mass is 10.2. The van der Waals surface area contributed by atoms with Crippen molar-refractivity contribution in [3.8, 4) is 5.75 Å². The Morgan fingerprint density at radius 2 is 1.89 bits per heavy atom. The van der Waals surface area contributed by atoms with Gasteiger partial charge in [0, 0.05) is 4.47 Å². The van der Waals surface area contributed by atoms with Crippen molar-refractivity contribution in [1.82, 2.24) is 0 Å². The summed E-state index contributed by atoms with van der Waals surface area (Å²) >= 11 is 3.44. The van der Waals surface area contributed by atoms with Crippen LogP contribution < -0.4 is 4.74 Å². The smallest absolute Gasteiger partial charge is 0.123 e. The van der Waals surface area contributed by atoms with E-state index in [0.29, 0.717) is 6.61 Å². The lowest BCUT2D eigenvalue weighted by molar-refractivity contribution is 0.361. The first-order valence-corrected chi connectivity index (χ1v) is 6.65. The number of hydrogen-bond donors (Lipinski definition) is 0. The van der Waals surface area contributed by atoms with Crippen LogP contribution in [-0.2, 0) is 0 Å². The summed E-state index contributed by atoms with van der Waals surface area (Å²) in [5.41, 5.74) is 2.33. The van der Waals surface area contributed by atoms with Crippen LogP contribution in [0.4, 0.5) is 0 Å². The van der Waals surface area contributed by atoms with Gasteiger partial charge < -0.3 is 4.74 Å². The van der Waals surface area contributed by atoms with Crippen LogP contribution in [-0.4, -0.2) is 6.61 Å². The van der Waals surface area contributed by atoms with Crippen molar-refractivity contribution in [3.63, 3.8) is 0 Å². The highest BCUT2D eigenvalue weighted by Gasteiger charge is 1.98. The van der Waals surface area contributed by atoms with Gasteiger partial charge in [0.05, 0.1) is 0 Å². The van der Waals surface area contributed by atoms with Gasteiger partial charge in [0.2, 0.25) is 0 Å². The van der Waals surface area contributed by atoms with Gasteiger partial charge in [0.25, 0.3) is 0 Å². The van der Waals surface area contributed by atoms with Crippen LogP contribution in [0.3, 0.4) is 0 Å². The maximum absolute atomic E-state index is 5.72. The monoisotopic (exact) mass is 302 g/mol. The van der Waals surface area contributed by atoms with Gasteiger partial charge in [-0.25, -0.2) is 0 Å². The van der Waals surface area contributed by atoms with Crippen molar-refractivity contribution >= 4 is 22.0 Å². The molecule has 0 amide bonds. The van der Waals surface area contributed by atoms with E-state index in [1.54, 1.807) is 0 Å². The molecule has 0 N–H and O–H groups in total. The lowest BCUT2D eigenvalue weighted by Crippen LogP contribution is -1.95. The summed E-state index contributed by atoms with van der Waals surface area (Å²) in [5.74, 6) is 0.919. The minimum atomic E-state index is 0.576. The van der Waals surface area contributed by atoms with Crippen LogP contribution in [0.2, 0.25) is 0 Å². The molecule has 0 fully saturated rings. The van der Waals surface area contributed by atoms with E-state index < -0.39 is 0 Å². The summed E-state index contributed by atoms with van der Waals surface area (Å²) in [6.45, 7) is 2.62. The molecule has 1 nitrogen and oxygen atoms in total. The standard InChI is InChI=1S/C16H15BrO/c1-13-9-10-15(17)12-16(13)18-11-5-8-14-6-3-2-4-7-14/h2-10,12H,11H2,1H3/b8-5+. The van der Waals surface area contributed by atoms with Crippen molar-refractivity contribution < 1.29 is 4.74 Å². The van der Waals surface area contributed by atoms with Gasteiger partial charge >= 0.3 is 0 Å². The second kappa shape index (κ2) is 6.41. The first-order valence-electron chi connectivity index (χ1n) is 5.86. The van der Waals surface area contributed by atoms with Crippen LogP contribution in [0.25, 0.3) is 6.08 Å². The molecule has 0 atom stereocenters. The van der Waals surface area contributed by atoms with E-state index >= 15 is 0 Å². The fourth-order valence-corrected chi connectivity index (χ4v) is 1.96. The molecule has 0 aliphatic heterocycles. The molecule has 0 spiro atoms. The molecule has 18 heavy (non-hydrogen) atoms. The van der Waals surface area contributed by atoms with E-state index in [2.05, 4.69) is 34.1 Å². The van der Waals surface area contributed by atoms with Crippen molar-refractivity contribution in [2.24, 2.45) is 0 Å². The van der Waals surface area contributed by atoms with Gasteiger partial charge in [-0.3, -0.25) is 0 Å². The zero-order valence-corrected chi connectivity index (χ0v) is 11.9. The molecule has 0 saturated heterocycles. The number of hydrogen-bond acceptors (Lipinski definition) is 1. The minimum absolute atomic E-state index is 0.576. The average Bonchev–Trinajstić information content (AvgIpc) is 2.40. The predicted octanol–water partition coefficient (Wildman–Crippen LogP) is 4.85. The predicted molar refractivity (Wildman–Crippen MR) is 79.9 cm³/mol. The average molecular weight is 303 g/mol. The lowest BCUT2D eigenvalue weighted by Gasteiger charge is -2.07. The van der Waals surface area contributed by atoms with E-state index in [1.807, 2.05) is 49.4 Å². The third-order valence-electron chi connectivity index (χ3n) is 2.60. The molecule has 92 valence electrons. The second-order valence-electron chi connectivity index (χ2n) is 4.03. The quantitative estimate of drug-likeness (QED) is 0.784. The molecule has 0 aliphatic rings. The molecule has 0 bridgehead atoms. The summed E-state index contributed by atoms with van der Waals surface area (Å²) < 4.78 is 6.76. The van der Waals surface area contributed by atoms with Crippen LogP contribution in [0.15, 0.2) is 59.1 Å². The molecule has 0 heterocycles. The van der Waals surface area contributed by atoms with E-state index in [-0.39, 0.29) is 0 Å². The zero-order chi connectivity index (χ0) is 12.8. The number of benzene rings is 2. The SMILES string of the molecule is Cc1ccc(Br)cc1OC/C=C/c1ccccc1. The van der Waals surface area contributed by atoms with Gasteiger partial charge in [0.15, 0.2) is 0 Å². The molecule has 0 aliphatic carbocycles. The Labute approximate surface area is 116 Å². The first-order chi connectivity index (χ1) is 8.75. The van der Waals surface area contributed by atoms with Gasteiger partial charge in [-0.15, -0.1) is 0 Å². The molecule has 0 radical (unpaired) electrons. The molecule has 2 rings (SSSR count). The molecule has 2 aromatic carbocycles. The Bertz CT molecular complexity index is 532. The fourth-order valence-electron chi connectivity index (χ4n) is 1.62. The molecule has 0 unspecified atom stereocenters. The molecular weight excluding hydrogens is 288 g/mol. The molecule has 0 saturated carbocycles. The topological polar surface area (TPSA) is 9.23 Å². The van der Waals surface area contributed by atoms with Gasteiger partial charge in [-0.05, 0) is 36.3 Å². The number of halogens is 1. The van der Waals surface area contributed by atoms with Crippen molar-refractivity contribution in [2.75, 3.05) is 6.61 Å². The second-order valence-corrected chi connectivity index (χ2v) is 4.95. The summed E-state index contributed by atoms with van der Waals surface area (Å²) in [6.07, 6.45) is 4.09. The van der Waals surface area contributed by atoms with Crippen LogP contribution in [0.1, 0.15) is 11.1 Å². The highest BCUT2D eigenvalue weighted by molar-refractivity contribution is 9.10. The Morgan fingerprint density at radius 3 is 2.67 bits per heavy atom. The summed E-state index contributed by atoms with van der Waals surface area (Å²) in [4.78, 5) is 0. The highest BCUT2D eigenvalue weighted by atomic mass is 79.9. The van der Waals surface area contributed by atoms with Crippen molar-refractivity contribution in [3.05, 3.63) is 70.2 Å². The summed E-state index contributed by atoms with van der Waals surface area (Å²) in [5, 5.41) is 0. The van der Waals surface area contributed by atoms with Crippen LogP contribution >= 0.6 is 15.9 Å². The maximum atomic E-state index is 5.72. The highest BCUT2D eigenvalue weighted by Crippen LogP contribution is 2.22. The summed E-state index contributed by atoms with van der Waals surface area (Å²) in [7, 11) is 0. The molecule has 0 aromatic heterocycles. The normalized spacial score (nSPS) is 10.8. The van der Waals surface area contributed by atoms with Crippen molar-refractivity contribution in [1.29, 1.82) is 0 Å². The molecular formula is C16H15BrO. The Balaban J connectivity index is 1.92. The Hall–Kier alpha value is -1.54. The van der Waals surface area contributed by atoms with Crippen LogP contribution in [0.5, 0.6) is 5.75 Å². The first kappa shape index (κ1) is 12.9. The minimum Gasteiger partial charge on any atom is -0.489 e. The fraction of sp³-hybridized carbons (Fsp3) is 0.125. The van der Waals surface area contributed by atoms with Gasteiger partial charge in [0.1, 0.15) is 12.4 Å². The van der Waals surface area contributed by atoms with Gasteiger partial charge in [-0.1, -0.05) is 58.4 Å². The number of ether oxygens (including phenoxy) is 1. The third kappa shape index (κ3) is 3.74. The number of rotatable bonds is 4. The largest absolute Gasteiger partial charge is 0.489 e. The number of aryl methyl sites for hydroxylation is 1. The molecule has 2 heteroatoms. The van der Waals surface area contributed by atoms with Gasteiger partial charge in [-0.2, -0.15) is 0 Å². The van der Waals surface area contributed by atoms with E-state index in [9.17, 15) is 0 Å². The van der Waals surface area contributed by atoms with E-state index in [1.165, 1.54) is 5.56 Å². The Kier molecular flexibility index (Phi) is 4.59.